The monoisotopic (exact) mass is 403 g/mol. The molecule has 7 nitrogen and oxygen atoms in total. The highest BCUT2D eigenvalue weighted by molar-refractivity contribution is 5.87. The van der Waals surface area contributed by atoms with Crippen LogP contribution in [0.3, 0.4) is 0 Å². The van der Waals surface area contributed by atoms with E-state index in [2.05, 4.69) is 4.98 Å². The Hall–Kier alpha value is -4.05. The van der Waals surface area contributed by atoms with Crippen LogP contribution in [0.2, 0.25) is 0 Å². The van der Waals surface area contributed by atoms with Gasteiger partial charge in [-0.2, -0.15) is 5.26 Å². The molecule has 0 spiro atoms. The van der Waals surface area contributed by atoms with Gasteiger partial charge in [0.05, 0.1) is 17.6 Å². The summed E-state index contributed by atoms with van der Waals surface area (Å²) in [5, 5.41) is 19.8. The van der Waals surface area contributed by atoms with Crippen molar-refractivity contribution in [3.63, 3.8) is 0 Å². The van der Waals surface area contributed by atoms with Crippen molar-refractivity contribution < 1.29 is 19.4 Å². The van der Waals surface area contributed by atoms with E-state index < -0.39 is 12.6 Å². The zero-order valence-electron chi connectivity index (χ0n) is 16.7. The molecule has 30 heavy (non-hydrogen) atoms. The number of rotatable bonds is 7. The summed E-state index contributed by atoms with van der Waals surface area (Å²) in [5.41, 5.74) is 2.28. The van der Waals surface area contributed by atoms with Gasteiger partial charge >= 0.3 is 5.97 Å². The minimum atomic E-state index is -0.641. The molecule has 3 aromatic rings. The molecule has 0 atom stereocenters. The number of imidazole rings is 1. The predicted molar refractivity (Wildman–Crippen MR) is 113 cm³/mol. The van der Waals surface area contributed by atoms with Gasteiger partial charge in [0.1, 0.15) is 24.0 Å². The number of hydrogen-bond acceptors (Lipinski definition) is 6. The number of benzene rings is 2. The number of aryl methyl sites for hydroxylation is 1. The second-order valence-corrected chi connectivity index (χ2v) is 6.36. The molecule has 0 aliphatic rings. The summed E-state index contributed by atoms with van der Waals surface area (Å²) in [7, 11) is 1.75. The van der Waals surface area contributed by atoms with Gasteiger partial charge in [-0.25, -0.2) is 9.78 Å². The molecule has 2 aromatic carbocycles. The molecular formula is C23H21N3O4. The third-order valence-corrected chi connectivity index (χ3v) is 4.37. The molecule has 0 bridgehead atoms. The van der Waals surface area contributed by atoms with Crippen LogP contribution in [0.5, 0.6) is 5.75 Å². The van der Waals surface area contributed by atoms with Crippen molar-refractivity contribution in [2.75, 3.05) is 13.2 Å². The fourth-order valence-electron chi connectivity index (χ4n) is 2.88. The van der Waals surface area contributed by atoms with Gasteiger partial charge in [-0.1, -0.05) is 24.3 Å². The van der Waals surface area contributed by atoms with Crippen LogP contribution in [0.4, 0.5) is 0 Å². The summed E-state index contributed by atoms with van der Waals surface area (Å²) in [6.07, 6.45) is 2.85. The molecule has 152 valence electrons. The smallest absolute Gasteiger partial charge is 0.331 e. The van der Waals surface area contributed by atoms with E-state index in [1.165, 1.54) is 6.08 Å². The number of nitrogens with zero attached hydrogens (tertiary/aromatic N) is 3. The first-order valence-corrected chi connectivity index (χ1v) is 9.35. The lowest BCUT2D eigenvalue weighted by Gasteiger charge is -2.05. The van der Waals surface area contributed by atoms with Crippen molar-refractivity contribution in [3.8, 4) is 11.8 Å². The first-order valence-electron chi connectivity index (χ1n) is 9.35. The number of fused-ring (bicyclic) bond motifs is 1. The molecular weight excluding hydrogens is 382 g/mol. The number of para-hydroxylation sites is 2. The highest BCUT2D eigenvalue weighted by Gasteiger charge is 2.17. The van der Waals surface area contributed by atoms with E-state index in [0.717, 1.165) is 16.8 Å². The van der Waals surface area contributed by atoms with Gasteiger partial charge in [-0.15, -0.1) is 0 Å². The molecule has 1 aromatic heterocycles. The average molecular weight is 403 g/mol. The number of hydrogen-bond donors (Lipinski definition) is 1. The van der Waals surface area contributed by atoms with E-state index in [9.17, 15) is 15.2 Å². The number of aliphatic hydroxyl groups is 1. The van der Waals surface area contributed by atoms with Crippen LogP contribution in [0.1, 0.15) is 18.3 Å². The van der Waals surface area contributed by atoms with E-state index in [0.29, 0.717) is 17.9 Å². The molecule has 0 aliphatic carbocycles. The highest BCUT2D eigenvalue weighted by Crippen LogP contribution is 2.22. The number of ether oxygens (including phenoxy) is 2. The normalized spacial score (nSPS) is 11.9. The Kier molecular flexibility index (Phi) is 6.50. The van der Waals surface area contributed by atoms with E-state index in [-0.39, 0.29) is 11.3 Å². The minimum absolute atomic E-state index is 0.0445. The van der Waals surface area contributed by atoms with Crippen molar-refractivity contribution in [3.05, 3.63) is 71.8 Å². The summed E-state index contributed by atoms with van der Waals surface area (Å²) >= 11 is 0. The second-order valence-electron chi connectivity index (χ2n) is 6.36. The maximum absolute atomic E-state index is 12.0. The van der Waals surface area contributed by atoms with Crippen LogP contribution in [-0.4, -0.2) is 33.8 Å². The Labute approximate surface area is 174 Å². The van der Waals surface area contributed by atoms with Crippen LogP contribution in [0.25, 0.3) is 22.7 Å². The standard InChI is InChI=1S/C23H21N3O4/c1-3-29-17-11-8-16(9-12-17)10-13-22(28)30-15-21(27)18(14-24)23-25-19-6-4-5-7-20(19)26(23)2/h4-13,27H,3,15H2,1-2H3/b13-10+,21-18-. The minimum Gasteiger partial charge on any atom is -0.507 e. The zero-order valence-corrected chi connectivity index (χ0v) is 16.7. The van der Waals surface area contributed by atoms with Gasteiger partial charge in [0.2, 0.25) is 0 Å². The lowest BCUT2D eigenvalue weighted by molar-refractivity contribution is -0.137. The molecule has 0 unspecified atom stereocenters. The van der Waals surface area contributed by atoms with Gasteiger partial charge in [0.15, 0.2) is 11.6 Å². The molecule has 0 fully saturated rings. The van der Waals surface area contributed by atoms with Gasteiger partial charge in [-0.05, 0) is 42.8 Å². The van der Waals surface area contributed by atoms with Crippen LogP contribution < -0.4 is 4.74 Å². The van der Waals surface area contributed by atoms with Gasteiger partial charge < -0.3 is 19.1 Å². The fourth-order valence-corrected chi connectivity index (χ4v) is 2.88. The topological polar surface area (TPSA) is 97.4 Å². The maximum atomic E-state index is 12.0. The number of allylic oxidation sites excluding steroid dienone is 1. The zero-order chi connectivity index (χ0) is 21.5. The number of aliphatic hydroxyl groups excluding tert-OH is 1. The fraction of sp³-hybridized carbons (Fsp3) is 0.174. The van der Waals surface area contributed by atoms with Crippen molar-refractivity contribution in [2.24, 2.45) is 7.05 Å². The van der Waals surface area contributed by atoms with E-state index in [1.807, 2.05) is 49.4 Å². The summed E-state index contributed by atoms with van der Waals surface area (Å²) in [5.74, 6) is 0.0480. The first-order chi connectivity index (χ1) is 14.5. The van der Waals surface area contributed by atoms with E-state index in [1.54, 1.807) is 29.8 Å². The number of carbonyl (C=O) groups excluding carboxylic acids is 1. The van der Waals surface area contributed by atoms with Crippen molar-refractivity contribution in [1.82, 2.24) is 9.55 Å². The maximum Gasteiger partial charge on any atom is 0.331 e. The van der Waals surface area contributed by atoms with Crippen LogP contribution in [0.15, 0.2) is 60.4 Å². The molecule has 3 rings (SSSR count). The molecule has 1 N–H and O–H groups in total. The molecule has 7 heteroatoms. The van der Waals surface area contributed by atoms with Crippen LogP contribution in [0, 0.1) is 11.3 Å². The summed E-state index contributed by atoms with van der Waals surface area (Å²) in [6, 6.07) is 16.6. The third kappa shape index (κ3) is 4.67. The Morgan fingerprint density at radius 1 is 1.23 bits per heavy atom. The van der Waals surface area contributed by atoms with Gasteiger partial charge in [0.25, 0.3) is 0 Å². The molecule has 0 amide bonds. The van der Waals surface area contributed by atoms with Gasteiger partial charge in [-0.3, -0.25) is 0 Å². The number of esters is 1. The molecule has 0 saturated heterocycles. The Balaban J connectivity index is 1.68. The summed E-state index contributed by atoms with van der Waals surface area (Å²) in [6.45, 7) is 2.05. The molecule has 0 radical (unpaired) electrons. The Morgan fingerprint density at radius 3 is 2.63 bits per heavy atom. The first kappa shape index (κ1) is 20.7. The van der Waals surface area contributed by atoms with Crippen LogP contribution in [-0.2, 0) is 16.6 Å². The highest BCUT2D eigenvalue weighted by atomic mass is 16.5. The van der Waals surface area contributed by atoms with Gasteiger partial charge in [0, 0.05) is 13.1 Å². The van der Waals surface area contributed by atoms with Crippen molar-refractivity contribution >= 4 is 28.7 Å². The van der Waals surface area contributed by atoms with Crippen molar-refractivity contribution in [1.29, 1.82) is 5.26 Å². The van der Waals surface area contributed by atoms with Crippen molar-refractivity contribution in [2.45, 2.75) is 6.92 Å². The molecule has 0 aliphatic heterocycles. The second kappa shape index (κ2) is 9.43. The number of carbonyl (C=O) groups is 1. The number of aromatic nitrogens is 2. The summed E-state index contributed by atoms with van der Waals surface area (Å²) < 4.78 is 12.1. The van der Waals surface area contributed by atoms with Crippen LogP contribution >= 0.6 is 0 Å². The average Bonchev–Trinajstić information content (AvgIpc) is 3.09. The predicted octanol–water partition coefficient (Wildman–Crippen LogP) is 4.02. The molecule has 0 saturated carbocycles. The lowest BCUT2D eigenvalue weighted by Crippen LogP contribution is -2.07. The lowest BCUT2D eigenvalue weighted by atomic mass is 10.2. The van der Waals surface area contributed by atoms with E-state index >= 15 is 0 Å². The van der Waals surface area contributed by atoms with E-state index in [4.69, 9.17) is 9.47 Å². The quantitative estimate of drug-likeness (QED) is 0.277. The SMILES string of the molecule is CCOc1ccc(/C=C/C(=O)OC/C(O)=C(\C#N)c2nc3ccccc3n2C)cc1. The Morgan fingerprint density at radius 2 is 1.97 bits per heavy atom. The summed E-state index contributed by atoms with van der Waals surface area (Å²) in [4.78, 5) is 16.4. The largest absolute Gasteiger partial charge is 0.507 e. The third-order valence-electron chi connectivity index (χ3n) is 4.37. The number of nitriles is 1. The molecule has 1 heterocycles. The Bertz CT molecular complexity index is 1150.